The molecule has 7 nitrogen and oxygen atoms in total. The minimum absolute atomic E-state index is 0.0798. The molecular weight excluding hydrogens is 327 g/mol. The van der Waals surface area contributed by atoms with Crippen LogP contribution in [0.1, 0.15) is 5.56 Å². The van der Waals surface area contributed by atoms with Gasteiger partial charge in [0.2, 0.25) is 0 Å². The zero-order chi connectivity index (χ0) is 17.2. The Morgan fingerprint density at radius 2 is 1.92 bits per heavy atom. The standard InChI is InChI=1S/C14H10F3N5O2/c15-14(16,17)24-9-3-1-8(2-4-9)21-12(22-23)10-5-6-18-13-11(10)19-7-20-13/h1-7,23H,(H,21,22)(H,18,19,20). The molecule has 0 saturated heterocycles. The largest absolute Gasteiger partial charge is 0.573 e. The number of benzene rings is 1. The van der Waals surface area contributed by atoms with E-state index < -0.39 is 6.36 Å². The molecule has 0 unspecified atom stereocenters. The molecule has 0 aliphatic rings. The van der Waals surface area contributed by atoms with E-state index in [2.05, 4.69) is 30.2 Å². The molecule has 1 aromatic carbocycles. The molecule has 0 bridgehead atoms. The minimum Gasteiger partial charge on any atom is -0.409 e. The highest BCUT2D eigenvalue weighted by Crippen LogP contribution is 2.24. The van der Waals surface area contributed by atoms with Crippen molar-refractivity contribution in [3.63, 3.8) is 0 Å². The molecule has 3 N–H and O–H groups in total. The fourth-order valence-electron chi connectivity index (χ4n) is 2.07. The molecule has 0 aliphatic heterocycles. The molecule has 2 aromatic heterocycles. The van der Waals surface area contributed by atoms with Gasteiger partial charge < -0.3 is 20.2 Å². The molecule has 0 aliphatic carbocycles. The van der Waals surface area contributed by atoms with Crippen LogP contribution in [0.15, 0.2) is 48.0 Å². The molecule has 10 heteroatoms. The highest BCUT2D eigenvalue weighted by Gasteiger charge is 2.30. The lowest BCUT2D eigenvalue weighted by Crippen LogP contribution is -2.17. The summed E-state index contributed by atoms with van der Waals surface area (Å²) in [6.45, 7) is 0. The van der Waals surface area contributed by atoms with E-state index in [0.29, 0.717) is 22.4 Å². The van der Waals surface area contributed by atoms with E-state index in [1.807, 2.05) is 0 Å². The number of halogens is 3. The van der Waals surface area contributed by atoms with Gasteiger partial charge >= 0.3 is 6.36 Å². The van der Waals surface area contributed by atoms with Gasteiger partial charge in [0.25, 0.3) is 0 Å². The van der Waals surface area contributed by atoms with E-state index in [9.17, 15) is 18.4 Å². The quantitative estimate of drug-likeness (QED) is 0.295. The van der Waals surface area contributed by atoms with Crippen LogP contribution in [0.2, 0.25) is 0 Å². The Balaban J connectivity index is 1.82. The molecule has 0 radical (unpaired) electrons. The van der Waals surface area contributed by atoms with Crippen molar-refractivity contribution in [3.8, 4) is 5.75 Å². The predicted octanol–water partition coefficient (Wildman–Crippen LogP) is 3.10. The van der Waals surface area contributed by atoms with Gasteiger partial charge in [-0.1, -0.05) is 5.16 Å². The number of alkyl halides is 3. The summed E-state index contributed by atoms with van der Waals surface area (Å²) in [5.74, 6) is -0.272. The van der Waals surface area contributed by atoms with E-state index in [-0.39, 0.29) is 11.6 Å². The molecule has 3 rings (SSSR count). The van der Waals surface area contributed by atoms with Crippen LogP contribution in [0.25, 0.3) is 11.2 Å². The molecular formula is C14H10F3N5O2. The van der Waals surface area contributed by atoms with Gasteiger partial charge in [0.1, 0.15) is 5.75 Å². The Bertz CT molecular complexity index is 874. The van der Waals surface area contributed by atoms with Crippen molar-refractivity contribution in [2.24, 2.45) is 5.16 Å². The van der Waals surface area contributed by atoms with Crippen LogP contribution in [0.4, 0.5) is 18.9 Å². The second kappa shape index (κ2) is 6.07. The molecule has 0 amide bonds. The van der Waals surface area contributed by atoms with Gasteiger partial charge in [-0.25, -0.2) is 9.97 Å². The SMILES string of the molecule is O/N=C(\Nc1ccc(OC(F)(F)F)cc1)c1ccnc2nc[nH]c12. The van der Waals surface area contributed by atoms with Crippen LogP contribution in [-0.2, 0) is 0 Å². The van der Waals surface area contributed by atoms with Crippen molar-refractivity contribution in [1.82, 2.24) is 15.0 Å². The fraction of sp³-hybridized carbons (Fsp3) is 0.0714. The number of ether oxygens (including phenoxy) is 1. The maximum atomic E-state index is 12.1. The number of H-pyrrole nitrogens is 1. The van der Waals surface area contributed by atoms with E-state index in [1.165, 1.54) is 24.7 Å². The molecule has 0 atom stereocenters. The number of rotatable bonds is 3. The summed E-state index contributed by atoms with van der Waals surface area (Å²) in [5, 5.41) is 15.2. The summed E-state index contributed by atoms with van der Waals surface area (Å²) in [7, 11) is 0. The molecule has 0 fully saturated rings. The Kier molecular flexibility index (Phi) is 3.94. The summed E-state index contributed by atoms with van der Waals surface area (Å²) in [4.78, 5) is 10.9. The number of imidazole rings is 1. The van der Waals surface area contributed by atoms with E-state index in [4.69, 9.17) is 0 Å². The first-order valence-corrected chi connectivity index (χ1v) is 6.59. The Morgan fingerprint density at radius 3 is 2.58 bits per heavy atom. The summed E-state index contributed by atoms with van der Waals surface area (Å²) in [5.41, 5.74) is 1.89. The normalized spacial score (nSPS) is 12.4. The average molecular weight is 337 g/mol. The van der Waals surface area contributed by atoms with Crippen LogP contribution in [0, 0.1) is 0 Å². The van der Waals surface area contributed by atoms with Crippen LogP contribution in [0.3, 0.4) is 0 Å². The topological polar surface area (TPSA) is 95.4 Å². The van der Waals surface area contributed by atoms with Crippen LogP contribution < -0.4 is 10.1 Å². The highest BCUT2D eigenvalue weighted by molar-refractivity contribution is 6.13. The molecule has 0 saturated carbocycles. The first-order chi connectivity index (χ1) is 11.5. The summed E-state index contributed by atoms with van der Waals surface area (Å²) < 4.78 is 40.2. The van der Waals surface area contributed by atoms with Gasteiger partial charge in [0, 0.05) is 17.4 Å². The lowest BCUT2D eigenvalue weighted by Gasteiger charge is -2.11. The smallest absolute Gasteiger partial charge is 0.409 e. The van der Waals surface area contributed by atoms with Crippen molar-refractivity contribution in [1.29, 1.82) is 0 Å². The van der Waals surface area contributed by atoms with E-state index in [0.717, 1.165) is 12.1 Å². The van der Waals surface area contributed by atoms with Gasteiger partial charge in [-0.15, -0.1) is 13.2 Å². The van der Waals surface area contributed by atoms with Crippen molar-refractivity contribution in [3.05, 3.63) is 48.4 Å². The van der Waals surface area contributed by atoms with Gasteiger partial charge in [-0.3, -0.25) is 0 Å². The summed E-state index contributed by atoms with van der Waals surface area (Å²) in [6, 6.07) is 6.60. The molecule has 2 heterocycles. The number of anilines is 1. The molecule has 124 valence electrons. The third-order valence-corrected chi connectivity index (χ3v) is 3.03. The van der Waals surface area contributed by atoms with Crippen molar-refractivity contribution in [2.45, 2.75) is 6.36 Å². The Morgan fingerprint density at radius 1 is 1.17 bits per heavy atom. The van der Waals surface area contributed by atoms with Crippen LogP contribution >= 0.6 is 0 Å². The van der Waals surface area contributed by atoms with Gasteiger partial charge in [-0.05, 0) is 30.3 Å². The summed E-state index contributed by atoms with van der Waals surface area (Å²) >= 11 is 0. The number of amidine groups is 1. The number of pyridine rings is 1. The van der Waals surface area contributed by atoms with E-state index >= 15 is 0 Å². The van der Waals surface area contributed by atoms with Crippen molar-refractivity contribution < 1.29 is 23.1 Å². The maximum absolute atomic E-state index is 12.1. The number of oxime groups is 1. The number of nitrogens with one attached hydrogen (secondary N) is 2. The lowest BCUT2D eigenvalue weighted by molar-refractivity contribution is -0.274. The lowest BCUT2D eigenvalue weighted by atomic mass is 10.2. The highest BCUT2D eigenvalue weighted by atomic mass is 19.4. The predicted molar refractivity (Wildman–Crippen MR) is 79.0 cm³/mol. The number of nitrogens with zero attached hydrogens (tertiary/aromatic N) is 3. The maximum Gasteiger partial charge on any atom is 0.573 e. The number of aromatic amines is 1. The van der Waals surface area contributed by atoms with Crippen molar-refractivity contribution in [2.75, 3.05) is 5.32 Å². The fourth-order valence-corrected chi connectivity index (χ4v) is 2.07. The Hall–Kier alpha value is -3.30. The first kappa shape index (κ1) is 15.6. The minimum atomic E-state index is -4.75. The number of aromatic nitrogens is 3. The monoisotopic (exact) mass is 337 g/mol. The summed E-state index contributed by atoms with van der Waals surface area (Å²) in [6.07, 6.45) is -1.82. The average Bonchev–Trinajstić information content (AvgIpc) is 3.01. The third kappa shape index (κ3) is 3.37. The van der Waals surface area contributed by atoms with Crippen molar-refractivity contribution >= 4 is 22.7 Å². The number of fused-ring (bicyclic) bond motifs is 1. The zero-order valence-electron chi connectivity index (χ0n) is 11.9. The van der Waals surface area contributed by atoms with Crippen LogP contribution in [0.5, 0.6) is 5.75 Å². The van der Waals surface area contributed by atoms with Gasteiger partial charge in [0.05, 0.1) is 11.8 Å². The second-order valence-corrected chi connectivity index (χ2v) is 4.61. The number of hydrogen-bond acceptors (Lipinski definition) is 5. The first-order valence-electron chi connectivity index (χ1n) is 6.59. The van der Waals surface area contributed by atoms with Gasteiger partial charge in [-0.2, -0.15) is 0 Å². The molecule has 3 aromatic rings. The number of hydrogen-bond donors (Lipinski definition) is 3. The van der Waals surface area contributed by atoms with Gasteiger partial charge in [0.15, 0.2) is 11.5 Å². The zero-order valence-corrected chi connectivity index (χ0v) is 11.9. The third-order valence-electron chi connectivity index (χ3n) is 3.03. The van der Waals surface area contributed by atoms with Crippen LogP contribution in [-0.4, -0.2) is 32.4 Å². The second-order valence-electron chi connectivity index (χ2n) is 4.61. The Labute approximate surface area is 132 Å². The molecule has 0 spiro atoms. The van der Waals surface area contributed by atoms with E-state index in [1.54, 1.807) is 6.07 Å². The molecule has 24 heavy (non-hydrogen) atoms.